The van der Waals surface area contributed by atoms with Gasteiger partial charge < -0.3 is 10.1 Å². The van der Waals surface area contributed by atoms with Crippen LogP contribution in [0, 0.1) is 0 Å². The molecule has 1 aromatic carbocycles. The molecule has 86 valence electrons. The lowest BCUT2D eigenvalue weighted by molar-refractivity contribution is -0.114. The summed E-state index contributed by atoms with van der Waals surface area (Å²) in [6.07, 6.45) is 4.45. The Kier molecular flexibility index (Phi) is 5.26. The number of amides is 1. The minimum Gasteiger partial charge on any atom is -0.326 e. The van der Waals surface area contributed by atoms with Gasteiger partial charge in [0.2, 0.25) is 5.91 Å². The zero-order chi connectivity index (χ0) is 11.8. The molecule has 0 bridgehead atoms. The van der Waals surface area contributed by atoms with Crippen molar-refractivity contribution in [2.24, 2.45) is 0 Å². The van der Waals surface area contributed by atoms with Crippen LogP contribution in [0.3, 0.4) is 0 Å². The molecule has 0 radical (unpaired) electrons. The van der Waals surface area contributed by atoms with E-state index in [4.69, 9.17) is 0 Å². The van der Waals surface area contributed by atoms with Crippen LogP contribution in [0.5, 0.6) is 0 Å². The van der Waals surface area contributed by atoms with Gasteiger partial charge in [0, 0.05) is 19.0 Å². The van der Waals surface area contributed by atoms with Gasteiger partial charge in [-0.05, 0) is 37.0 Å². The van der Waals surface area contributed by atoms with Crippen molar-refractivity contribution in [1.29, 1.82) is 0 Å². The second kappa shape index (κ2) is 6.77. The second-order valence-electron chi connectivity index (χ2n) is 3.79. The number of anilines is 1. The fourth-order valence-corrected chi connectivity index (χ4v) is 1.56. The first-order valence-electron chi connectivity index (χ1n) is 5.52. The average Bonchev–Trinajstić information content (AvgIpc) is 2.24. The molecule has 0 heterocycles. The minimum atomic E-state index is -0.0573. The maximum atomic E-state index is 10.9. The Bertz CT molecular complexity index is 361. The van der Waals surface area contributed by atoms with Crippen LogP contribution in [0.25, 0.3) is 0 Å². The summed E-state index contributed by atoms with van der Waals surface area (Å²) in [5.41, 5.74) is 2.03. The highest BCUT2D eigenvalue weighted by atomic mass is 16.1. The third kappa shape index (κ3) is 4.73. The van der Waals surface area contributed by atoms with Gasteiger partial charge in [0.05, 0.1) is 0 Å². The molecule has 0 aliphatic carbocycles. The van der Waals surface area contributed by atoms with E-state index in [-0.39, 0.29) is 5.91 Å². The molecule has 16 heavy (non-hydrogen) atoms. The molecule has 0 aliphatic heterocycles. The van der Waals surface area contributed by atoms with Gasteiger partial charge in [0.1, 0.15) is 6.29 Å². The number of carbonyl (C=O) groups is 2. The van der Waals surface area contributed by atoms with Crippen molar-refractivity contribution in [3.05, 3.63) is 29.8 Å². The van der Waals surface area contributed by atoms with E-state index < -0.39 is 0 Å². The molecule has 0 spiro atoms. The Morgan fingerprint density at radius 3 is 2.88 bits per heavy atom. The summed E-state index contributed by atoms with van der Waals surface area (Å²) in [5.74, 6) is -0.0573. The van der Waals surface area contributed by atoms with Crippen molar-refractivity contribution in [2.45, 2.75) is 32.6 Å². The number of benzene rings is 1. The van der Waals surface area contributed by atoms with E-state index in [1.54, 1.807) is 0 Å². The smallest absolute Gasteiger partial charge is 0.221 e. The number of nitrogens with one attached hydrogen (secondary N) is 1. The highest BCUT2D eigenvalue weighted by molar-refractivity contribution is 5.88. The minimum absolute atomic E-state index is 0.0573. The van der Waals surface area contributed by atoms with Gasteiger partial charge in [-0.2, -0.15) is 0 Å². The van der Waals surface area contributed by atoms with E-state index in [0.29, 0.717) is 6.42 Å². The molecule has 3 nitrogen and oxygen atoms in total. The van der Waals surface area contributed by atoms with E-state index in [9.17, 15) is 9.59 Å². The monoisotopic (exact) mass is 219 g/mol. The topological polar surface area (TPSA) is 46.2 Å². The van der Waals surface area contributed by atoms with E-state index in [1.165, 1.54) is 12.5 Å². The average molecular weight is 219 g/mol. The standard InChI is InChI=1S/C13H17NO2/c1-11(16)14-13-8-5-7-12(10-13)6-3-2-4-9-15/h5,7-10H,2-4,6H2,1H3,(H,14,16). The van der Waals surface area contributed by atoms with Crippen LogP contribution in [-0.4, -0.2) is 12.2 Å². The van der Waals surface area contributed by atoms with E-state index in [1.807, 2.05) is 24.3 Å². The molecule has 0 aromatic heterocycles. The molecule has 0 aliphatic rings. The number of hydrogen-bond donors (Lipinski definition) is 1. The summed E-state index contributed by atoms with van der Waals surface area (Å²) in [4.78, 5) is 21.0. The summed E-state index contributed by atoms with van der Waals surface area (Å²) in [7, 11) is 0. The fourth-order valence-electron chi connectivity index (χ4n) is 1.56. The predicted octanol–water partition coefficient (Wildman–Crippen LogP) is 2.56. The summed E-state index contributed by atoms with van der Waals surface area (Å²) in [5, 5.41) is 2.75. The Balaban J connectivity index is 2.47. The van der Waals surface area contributed by atoms with Crippen LogP contribution < -0.4 is 5.32 Å². The number of aldehydes is 1. The molecule has 0 fully saturated rings. The van der Waals surface area contributed by atoms with Crippen LogP contribution in [0.1, 0.15) is 31.7 Å². The van der Waals surface area contributed by atoms with Gasteiger partial charge in [-0.15, -0.1) is 0 Å². The summed E-state index contributed by atoms with van der Waals surface area (Å²) in [6.45, 7) is 1.50. The van der Waals surface area contributed by atoms with Crippen LogP contribution in [0.2, 0.25) is 0 Å². The molecule has 1 aromatic rings. The first-order valence-corrected chi connectivity index (χ1v) is 5.52. The second-order valence-corrected chi connectivity index (χ2v) is 3.79. The van der Waals surface area contributed by atoms with E-state index >= 15 is 0 Å². The van der Waals surface area contributed by atoms with Crippen molar-refractivity contribution < 1.29 is 9.59 Å². The third-order valence-corrected chi connectivity index (χ3v) is 2.28. The molecular formula is C13H17NO2. The van der Waals surface area contributed by atoms with E-state index in [0.717, 1.165) is 31.2 Å². The first-order chi connectivity index (χ1) is 7.72. The van der Waals surface area contributed by atoms with Crippen molar-refractivity contribution in [3.63, 3.8) is 0 Å². The van der Waals surface area contributed by atoms with Crippen molar-refractivity contribution in [2.75, 3.05) is 5.32 Å². The summed E-state index contributed by atoms with van der Waals surface area (Å²) >= 11 is 0. The molecule has 3 heteroatoms. The van der Waals surface area contributed by atoms with Gasteiger partial charge in [0.25, 0.3) is 0 Å². The highest BCUT2D eigenvalue weighted by Crippen LogP contribution is 2.13. The number of carbonyl (C=O) groups excluding carboxylic acids is 2. The number of unbranched alkanes of at least 4 members (excludes halogenated alkanes) is 2. The largest absolute Gasteiger partial charge is 0.326 e. The molecule has 1 amide bonds. The van der Waals surface area contributed by atoms with Crippen molar-refractivity contribution in [3.8, 4) is 0 Å². The number of rotatable bonds is 6. The van der Waals surface area contributed by atoms with Gasteiger partial charge in [-0.3, -0.25) is 4.79 Å². The first kappa shape index (κ1) is 12.4. The molecule has 0 atom stereocenters. The van der Waals surface area contributed by atoms with Gasteiger partial charge in [-0.1, -0.05) is 12.1 Å². The predicted molar refractivity (Wildman–Crippen MR) is 64.4 cm³/mol. The number of aryl methyl sites for hydroxylation is 1. The third-order valence-electron chi connectivity index (χ3n) is 2.28. The van der Waals surface area contributed by atoms with Crippen molar-refractivity contribution in [1.82, 2.24) is 0 Å². The maximum Gasteiger partial charge on any atom is 0.221 e. The van der Waals surface area contributed by atoms with Gasteiger partial charge in [0.15, 0.2) is 0 Å². The highest BCUT2D eigenvalue weighted by Gasteiger charge is 1.98. The summed E-state index contributed by atoms with van der Waals surface area (Å²) in [6, 6.07) is 7.81. The Morgan fingerprint density at radius 2 is 2.19 bits per heavy atom. The quantitative estimate of drug-likeness (QED) is 0.590. The summed E-state index contributed by atoms with van der Waals surface area (Å²) < 4.78 is 0. The molecule has 1 rings (SSSR count). The van der Waals surface area contributed by atoms with Crippen LogP contribution >= 0.6 is 0 Å². The molecule has 0 saturated carbocycles. The Morgan fingerprint density at radius 1 is 1.38 bits per heavy atom. The maximum absolute atomic E-state index is 10.9. The Hall–Kier alpha value is -1.64. The normalized spacial score (nSPS) is 9.81. The number of hydrogen-bond acceptors (Lipinski definition) is 2. The molecule has 1 N–H and O–H groups in total. The zero-order valence-electron chi connectivity index (χ0n) is 9.53. The SMILES string of the molecule is CC(=O)Nc1cccc(CCCCC=O)c1. The van der Waals surface area contributed by atoms with Crippen LogP contribution in [-0.2, 0) is 16.0 Å². The molecule has 0 saturated heterocycles. The lowest BCUT2D eigenvalue weighted by atomic mass is 10.1. The molecular weight excluding hydrogens is 202 g/mol. The van der Waals surface area contributed by atoms with Crippen molar-refractivity contribution >= 4 is 17.9 Å². The zero-order valence-corrected chi connectivity index (χ0v) is 9.53. The van der Waals surface area contributed by atoms with Gasteiger partial charge in [-0.25, -0.2) is 0 Å². The fraction of sp³-hybridized carbons (Fsp3) is 0.385. The Labute approximate surface area is 95.9 Å². The lowest BCUT2D eigenvalue weighted by Gasteiger charge is -2.05. The van der Waals surface area contributed by atoms with Gasteiger partial charge >= 0.3 is 0 Å². The van der Waals surface area contributed by atoms with Crippen LogP contribution in [0.15, 0.2) is 24.3 Å². The molecule has 0 unspecified atom stereocenters. The lowest BCUT2D eigenvalue weighted by Crippen LogP contribution is -2.05. The van der Waals surface area contributed by atoms with Crippen LogP contribution in [0.4, 0.5) is 5.69 Å². The van der Waals surface area contributed by atoms with E-state index in [2.05, 4.69) is 5.32 Å².